The highest BCUT2D eigenvalue weighted by Gasteiger charge is 2.40. The predicted octanol–water partition coefficient (Wildman–Crippen LogP) is 4.90. The molecule has 0 saturated heterocycles. The van der Waals surface area contributed by atoms with E-state index in [1.807, 2.05) is 30.3 Å². The fourth-order valence-corrected chi connectivity index (χ4v) is 3.71. The third-order valence-electron chi connectivity index (χ3n) is 5.10. The van der Waals surface area contributed by atoms with Crippen LogP contribution >= 0.6 is 0 Å². The van der Waals surface area contributed by atoms with E-state index in [1.165, 1.54) is 0 Å². The van der Waals surface area contributed by atoms with E-state index in [9.17, 15) is 9.59 Å². The van der Waals surface area contributed by atoms with Crippen LogP contribution in [0.2, 0.25) is 0 Å². The molecule has 146 valence electrons. The number of carbonyl (C=O) groups excluding carboxylic acids is 1. The van der Waals surface area contributed by atoms with Crippen molar-refractivity contribution < 1.29 is 19.4 Å². The number of ether oxygens (including phenoxy) is 1. The molecule has 0 heterocycles. The van der Waals surface area contributed by atoms with Crippen molar-refractivity contribution in [3.8, 4) is 0 Å². The monoisotopic (exact) mass is 370 g/mol. The second-order valence-corrected chi connectivity index (χ2v) is 7.13. The fourth-order valence-electron chi connectivity index (χ4n) is 3.71. The Morgan fingerprint density at radius 1 is 1.19 bits per heavy atom. The third kappa shape index (κ3) is 7.14. The van der Waals surface area contributed by atoms with Crippen LogP contribution in [0.5, 0.6) is 0 Å². The molecule has 3 atom stereocenters. The molecule has 1 fully saturated rings. The van der Waals surface area contributed by atoms with E-state index in [4.69, 9.17) is 9.84 Å². The molecule has 0 bridgehead atoms. The predicted molar refractivity (Wildman–Crippen MR) is 107 cm³/mol. The van der Waals surface area contributed by atoms with Gasteiger partial charge in [0.2, 0.25) is 0 Å². The number of ketones is 1. The molecule has 2 rings (SSSR count). The molecule has 0 aliphatic heterocycles. The normalized spacial score (nSPS) is 22.4. The Morgan fingerprint density at radius 3 is 2.63 bits per heavy atom. The van der Waals surface area contributed by atoms with Crippen LogP contribution in [-0.4, -0.2) is 29.6 Å². The molecule has 1 N–H and O–H groups in total. The van der Waals surface area contributed by atoms with Crippen LogP contribution in [0, 0.1) is 11.8 Å². The average molecular weight is 370 g/mol. The lowest BCUT2D eigenvalue weighted by molar-refractivity contribution is -0.137. The van der Waals surface area contributed by atoms with Crippen LogP contribution < -0.4 is 0 Å². The summed E-state index contributed by atoms with van der Waals surface area (Å²) < 4.78 is 5.87. The topological polar surface area (TPSA) is 63.6 Å². The fraction of sp³-hybridized carbons (Fsp3) is 0.478. The van der Waals surface area contributed by atoms with Gasteiger partial charge in [-0.05, 0) is 18.4 Å². The minimum atomic E-state index is -0.741. The Balaban J connectivity index is 1.94. The summed E-state index contributed by atoms with van der Waals surface area (Å²) >= 11 is 0. The minimum absolute atomic E-state index is 0.0146. The standard InChI is InChI=1S/C23H30O4/c1-2-16-27-22-17-21(24)19(12-8-3-4-9-13-23(25)26)20(22)15-14-18-10-6-5-7-11-18/h2,5-7,10-11,14-15,19-20,22H,1,3-4,8-9,12-13,16-17H2,(H,25,26). The number of aliphatic carboxylic acids is 1. The largest absolute Gasteiger partial charge is 0.481 e. The lowest BCUT2D eigenvalue weighted by Gasteiger charge is -2.21. The first kappa shape index (κ1) is 21.1. The van der Waals surface area contributed by atoms with Crippen LogP contribution in [-0.2, 0) is 14.3 Å². The zero-order chi connectivity index (χ0) is 19.5. The van der Waals surface area contributed by atoms with Gasteiger partial charge in [0.1, 0.15) is 5.78 Å². The number of hydrogen-bond donors (Lipinski definition) is 1. The maximum Gasteiger partial charge on any atom is 0.303 e. The summed E-state index contributed by atoms with van der Waals surface area (Å²) in [6.07, 6.45) is 10.9. The van der Waals surface area contributed by atoms with Gasteiger partial charge < -0.3 is 9.84 Å². The van der Waals surface area contributed by atoms with Crippen molar-refractivity contribution in [3.63, 3.8) is 0 Å². The van der Waals surface area contributed by atoms with Gasteiger partial charge >= 0.3 is 5.97 Å². The van der Waals surface area contributed by atoms with E-state index in [2.05, 4.69) is 18.7 Å². The van der Waals surface area contributed by atoms with Crippen molar-refractivity contribution in [1.82, 2.24) is 0 Å². The molecule has 1 aliphatic rings. The van der Waals surface area contributed by atoms with Crippen LogP contribution in [0.25, 0.3) is 6.08 Å². The Bertz CT molecular complexity index is 635. The van der Waals surface area contributed by atoms with Crippen molar-refractivity contribution in [2.75, 3.05) is 6.61 Å². The molecule has 1 aliphatic carbocycles. The second kappa shape index (κ2) is 11.5. The van der Waals surface area contributed by atoms with Crippen molar-refractivity contribution in [2.45, 2.75) is 51.0 Å². The molecule has 1 aromatic carbocycles. The molecule has 0 spiro atoms. The van der Waals surface area contributed by atoms with E-state index >= 15 is 0 Å². The first-order valence-electron chi connectivity index (χ1n) is 9.82. The molecule has 0 radical (unpaired) electrons. The molecule has 1 saturated carbocycles. The SMILES string of the molecule is C=CCOC1CC(=O)C(CCCCCCC(=O)O)C1C=Cc1ccccc1. The van der Waals surface area contributed by atoms with Gasteiger partial charge in [-0.2, -0.15) is 0 Å². The van der Waals surface area contributed by atoms with Gasteiger partial charge in [-0.3, -0.25) is 9.59 Å². The number of benzene rings is 1. The summed E-state index contributed by atoms with van der Waals surface area (Å²) in [5.74, 6) is -0.400. The zero-order valence-corrected chi connectivity index (χ0v) is 15.9. The smallest absolute Gasteiger partial charge is 0.303 e. The Hall–Kier alpha value is -2.20. The lowest BCUT2D eigenvalue weighted by Crippen LogP contribution is -2.21. The molecule has 1 aromatic rings. The number of Topliss-reactive ketones (excluding diaryl/α,β-unsaturated/α-hetero) is 1. The Morgan fingerprint density at radius 2 is 1.93 bits per heavy atom. The van der Waals surface area contributed by atoms with Gasteiger partial charge in [-0.25, -0.2) is 0 Å². The van der Waals surface area contributed by atoms with Gasteiger partial charge in [-0.15, -0.1) is 6.58 Å². The summed E-state index contributed by atoms with van der Waals surface area (Å²) in [5.41, 5.74) is 1.12. The van der Waals surface area contributed by atoms with Gasteiger partial charge in [0.05, 0.1) is 12.7 Å². The summed E-state index contributed by atoms with van der Waals surface area (Å²) in [5, 5.41) is 8.69. The van der Waals surface area contributed by atoms with E-state index in [-0.39, 0.29) is 30.1 Å². The Labute approximate surface area is 161 Å². The van der Waals surface area contributed by atoms with Crippen molar-refractivity contribution >= 4 is 17.8 Å². The Kier molecular flexibility index (Phi) is 8.99. The highest BCUT2D eigenvalue weighted by atomic mass is 16.5. The molecule has 4 nitrogen and oxygen atoms in total. The third-order valence-corrected chi connectivity index (χ3v) is 5.10. The number of carboxylic acids is 1. The van der Waals surface area contributed by atoms with Gasteiger partial charge in [0.15, 0.2) is 0 Å². The number of unbranched alkanes of at least 4 members (excludes halogenated alkanes) is 3. The van der Waals surface area contributed by atoms with Gasteiger partial charge in [0.25, 0.3) is 0 Å². The summed E-state index contributed by atoms with van der Waals surface area (Å²) in [4.78, 5) is 23.1. The average Bonchev–Trinajstić information content (AvgIpc) is 2.96. The molecular weight excluding hydrogens is 340 g/mol. The van der Waals surface area contributed by atoms with Crippen LogP contribution in [0.1, 0.15) is 50.5 Å². The minimum Gasteiger partial charge on any atom is -0.481 e. The molecule has 3 unspecified atom stereocenters. The van der Waals surface area contributed by atoms with Crippen molar-refractivity contribution in [3.05, 3.63) is 54.6 Å². The number of rotatable bonds is 12. The van der Waals surface area contributed by atoms with E-state index in [1.54, 1.807) is 6.08 Å². The molecule has 4 heteroatoms. The van der Waals surface area contributed by atoms with Crippen LogP contribution in [0.3, 0.4) is 0 Å². The maximum atomic E-state index is 12.6. The first-order valence-corrected chi connectivity index (χ1v) is 9.82. The van der Waals surface area contributed by atoms with E-state index < -0.39 is 5.97 Å². The maximum absolute atomic E-state index is 12.6. The summed E-state index contributed by atoms with van der Waals surface area (Å²) in [7, 11) is 0. The summed E-state index contributed by atoms with van der Waals surface area (Å²) in [6.45, 7) is 4.15. The van der Waals surface area contributed by atoms with Crippen LogP contribution in [0.15, 0.2) is 49.1 Å². The summed E-state index contributed by atoms with van der Waals surface area (Å²) in [6, 6.07) is 10.1. The number of carboxylic acid groups (broad SMARTS) is 1. The molecular formula is C23H30O4. The first-order chi connectivity index (χ1) is 13.1. The molecule has 0 aromatic heterocycles. The highest BCUT2D eigenvalue weighted by molar-refractivity contribution is 5.85. The number of carbonyl (C=O) groups is 2. The van der Waals surface area contributed by atoms with E-state index in [0.717, 1.165) is 31.2 Å². The quantitative estimate of drug-likeness (QED) is 0.420. The van der Waals surface area contributed by atoms with Crippen LogP contribution in [0.4, 0.5) is 0 Å². The van der Waals surface area contributed by atoms with Crippen molar-refractivity contribution in [1.29, 1.82) is 0 Å². The molecule has 0 amide bonds. The second-order valence-electron chi connectivity index (χ2n) is 7.13. The number of hydrogen-bond acceptors (Lipinski definition) is 3. The molecule has 27 heavy (non-hydrogen) atoms. The van der Waals surface area contributed by atoms with Crippen molar-refractivity contribution in [2.24, 2.45) is 11.8 Å². The van der Waals surface area contributed by atoms with Gasteiger partial charge in [0, 0.05) is 24.7 Å². The lowest BCUT2D eigenvalue weighted by atomic mass is 9.88. The zero-order valence-electron chi connectivity index (χ0n) is 15.9. The van der Waals surface area contributed by atoms with E-state index in [0.29, 0.717) is 19.4 Å². The highest BCUT2D eigenvalue weighted by Crippen LogP contribution is 2.36. The van der Waals surface area contributed by atoms with Gasteiger partial charge in [-0.1, -0.05) is 67.8 Å².